The molecule has 0 radical (unpaired) electrons. The minimum Gasteiger partial charge on any atom is -0.468 e. The van der Waals surface area contributed by atoms with Crippen LogP contribution in [0.2, 0.25) is 0 Å². The number of nitrogens with zero attached hydrogens (tertiary/aromatic N) is 3. The molecule has 2 unspecified atom stereocenters. The highest BCUT2D eigenvalue weighted by Crippen LogP contribution is 2.67. The first-order valence-corrected chi connectivity index (χ1v) is 23.3. The number of piperidine rings is 1. The summed E-state index contributed by atoms with van der Waals surface area (Å²) in [5, 5.41) is 26.2. The Labute approximate surface area is 363 Å². The van der Waals surface area contributed by atoms with E-state index in [4.69, 9.17) is 9.47 Å². The standard InChI is InChI=1S/C51H70N4O6/c1-10-47-16-12-18-55-20-17-49(43(47)55)39-25-36(13-14-41(39)53(7)44(49)51(59,29-47)46(57)61-9)50(45(56)60-8)27-33-26-48(58,11-2)30-54(28-33)19-15-37-38-23-34(21-31(3)4)35(22-32(5)6)24-40(38)52-42(37)50/h12-14,16,23-25,31-33,43-44,52,58-59H,10-11,15,17-22,26-30H2,1-9H3/t33-,43-,44?,47-,48-,49+,50-,51+/m0/s1. The van der Waals surface area contributed by atoms with E-state index in [2.05, 4.69) is 104 Å². The van der Waals surface area contributed by atoms with Crippen molar-refractivity contribution in [2.45, 2.75) is 133 Å². The first kappa shape index (κ1) is 42.6. The van der Waals surface area contributed by atoms with Crippen LogP contribution in [0.25, 0.3) is 10.9 Å². The summed E-state index contributed by atoms with van der Waals surface area (Å²) in [6.07, 6.45) is 10.7. The van der Waals surface area contributed by atoms with Gasteiger partial charge in [0.25, 0.3) is 0 Å². The molecule has 1 aliphatic carbocycles. The van der Waals surface area contributed by atoms with Crippen LogP contribution in [0.1, 0.15) is 114 Å². The highest BCUT2D eigenvalue weighted by Gasteiger charge is 2.75. The van der Waals surface area contributed by atoms with Gasteiger partial charge in [0.1, 0.15) is 5.41 Å². The number of aliphatic hydroxyl groups is 2. The Kier molecular flexibility index (Phi) is 10.4. The lowest BCUT2D eigenvalue weighted by atomic mass is 9.49. The molecule has 2 aromatic carbocycles. The molecular formula is C51H70N4O6. The van der Waals surface area contributed by atoms with Gasteiger partial charge in [0.2, 0.25) is 0 Å². The van der Waals surface area contributed by atoms with Gasteiger partial charge in [0.05, 0.1) is 25.9 Å². The van der Waals surface area contributed by atoms with Crippen molar-refractivity contribution < 1.29 is 29.3 Å². The molecule has 5 aliphatic heterocycles. The number of hydrogen-bond donors (Lipinski definition) is 3. The Morgan fingerprint density at radius 2 is 1.64 bits per heavy atom. The van der Waals surface area contributed by atoms with Crippen LogP contribution < -0.4 is 4.90 Å². The second-order valence-corrected chi connectivity index (χ2v) is 21.1. The first-order valence-electron chi connectivity index (χ1n) is 23.3. The quantitative estimate of drug-likeness (QED) is 0.158. The summed E-state index contributed by atoms with van der Waals surface area (Å²) in [5.74, 6) is 0.0755. The Bertz CT molecular complexity index is 2270. The molecule has 3 fully saturated rings. The maximum Gasteiger partial charge on any atom is 0.340 e. The number of esters is 2. The highest BCUT2D eigenvalue weighted by molar-refractivity contribution is 5.94. The summed E-state index contributed by atoms with van der Waals surface area (Å²) in [6.45, 7) is 17.2. The predicted octanol–water partition coefficient (Wildman–Crippen LogP) is 6.84. The number of nitrogens with one attached hydrogen (secondary N) is 1. The van der Waals surface area contributed by atoms with E-state index in [0.29, 0.717) is 37.6 Å². The van der Waals surface area contributed by atoms with Gasteiger partial charge in [0, 0.05) is 72.4 Å². The summed E-state index contributed by atoms with van der Waals surface area (Å²) >= 11 is 0. The molecule has 61 heavy (non-hydrogen) atoms. The zero-order valence-electron chi connectivity index (χ0n) is 38.2. The van der Waals surface area contributed by atoms with Gasteiger partial charge in [-0.05, 0) is 128 Å². The van der Waals surface area contributed by atoms with Crippen LogP contribution in [-0.4, -0.2) is 114 Å². The molecule has 10 heteroatoms. The van der Waals surface area contributed by atoms with E-state index in [1.807, 2.05) is 7.05 Å². The fourth-order valence-corrected chi connectivity index (χ4v) is 14.4. The zero-order valence-corrected chi connectivity index (χ0v) is 38.2. The average molecular weight is 835 g/mol. The van der Waals surface area contributed by atoms with Gasteiger partial charge in [-0.3, -0.25) is 14.6 Å². The molecule has 2 saturated heterocycles. The number of aromatic amines is 1. The van der Waals surface area contributed by atoms with E-state index >= 15 is 4.79 Å². The summed E-state index contributed by atoms with van der Waals surface area (Å²) in [4.78, 5) is 40.6. The molecule has 6 heterocycles. The predicted molar refractivity (Wildman–Crippen MR) is 240 cm³/mol. The smallest absolute Gasteiger partial charge is 0.340 e. The molecule has 3 N–H and O–H groups in total. The van der Waals surface area contributed by atoms with Crippen molar-refractivity contribution in [1.29, 1.82) is 0 Å². The number of likely N-dealkylation sites (N-methyl/N-ethyl adjacent to an activating group) is 1. The van der Waals surface area contributed by atoms with Crippen molar-refractivity contribution in [3.8, 4) is 0 Å². The van der Waals surface area contributed by atoms with E-state index < -0.39 is 39.5 Å². The Morgan fingerprint density at radius 1 is 0.918 bits per heavy atom. The SMILES string of the molecule is CC[C@]1(O)C[C@@H]2CN(CCc3c([nH]c4cc(CC(C)C)c(CC(C)C)cc34)[C@@](C(=O)OC)(c3ccc4c(c3)[C@@]35CCN6CC=C[C@@](CC)(C[C@](O)(C(=O)OC)C3N4C)[C@H]65)C2)C1. The summed E-state index contributed by atoms with van der Waals surface area (Å²) in [5.41, 5.74) is 3.75. The maximum absolute atomic E-state index is 15.4. The van der Waals surface area contributed by atoms with Crippen LogP contribution in [0.5, 0.6) is 0 Å². The number of H-pyrrole nitrogens is 1. The lowest BCUT2D eigenvalue weighted by molar-refractivity contribution is -0.181. The summed E-state index contributed by atoms with van der Waals surface area (Å²) in [7, 11) is 4.92. The van der Waals surface area contributed by atoms with Crippen LogP contribution in [-0.2, 0) is 49.2 Å². The molecule has 330 valence electrons. The largest absolute Gasteiger partial charge is 0.468 e. The second kappa shape index (κ2) is 15.0. The number of carbonyl (C=O) groups excluding carboxylic acids is 2. The number of benzene rings is 2. The van der Waals surface area contributed by atoms with Crippen molar-refractivity contribution in [3.05, 3.63) is 76.0 Å². The summed E-state index contributed by atoms with van der Waals surface area (Å²) < 4.78 is 11.5. The van der Waals surface area contributed by atoms with Crippen LogP contribution in [0.15, 0.2) is 42.5 Å². The van der Waals surface area contributed by atoms with Gasteiger partial charge >= 0.3 is 11.9 Å². The molecule has 10 nitrogen and oxygen atoms in total. The fourth-order valence-electron chi connectivity index (χ4n) is 14.4. The topological polar surface area (TPSA) is 119 Å². The molecular weight excluding hydrogens is 765 g/mol. The normalized spacial score (nSPS) is 35.3. The Balaban J connectivity index is 1.32. The van der Waals surface area contributed by atoms with Crippen LogP contribution in [0.3, 0.4) is 0 Å². The number of methoxy groups -OCH3 is 2. The Hall–Kier alpha value is -3.70. The van der Waals surface area contributed by atoms with Gasteiger partial charge in [-0.15, -0.1) is 0 Å². The van der Waals surface area contributed by atoms with Crippen molar-refractivity contribution in [2.75, 3.05) is 58.9 Å². The molecule has 1 aromatic heterocycles. The monoisotopic (exact) mass is 835 g/mol. The van der Waals surface area contributed by atoms with E-state index in [1.54, 1.807) is 0 Å². The number of anilines is 1. The highest BCUT2D eigenvalue weighted by atomic mass is 16.5. The number of carbonyl (C=O) groups is 2. The third kappa shape index (κ3) is 6.15. The molecule has 6 aliphatic rings. The lowest BCUT2D eigenvalue weighted by Crippen LogP contribution is -2.74. The van der Waals surface area contributed by atoms with Gasteiger partial charge in [-0.25, -0.2) is 4.79 Å². The molecule has 1 saturated carbocycles. The lowest BCUT2D eigenvalue weighted by Gasteiger charge is -2.60. The van der Waals surface area contributed by atoms with Gasteiger partial charge in [-0.1, -0.05) is 65.8 Å². The van der Waals surface area contributed by atoms with E-state index in [1.165, 1.54) is 25.3 Å². The second-order valence-electron chi connectivity index (χ2n) is 21.1. The van der Waals surface area contributed by atoms with E-state index in [-0.39, 0.29) is 24.3 Å². The van der Waals surface area contributed by atoms with Gasteiger partial charge in [0.15, 0.2) is 5.60 Å². The van der Waals surface area contributed by atoms with Crippen LogP contribution >= 0.6 is 0 Å². The minimum absolute atomic E-state index is 0.00213. The van der Waals surface area contributed by atoms with Crippen LogP contribution in [0.4, 0.5) is 5.69 Å². The first-order chi connectivity index (χ1) is 29.0. The zero-order chi connectivity index (χ0) is 43.4. The van der Waals surface area contributed by atoms with E-state index in [9.17, 15) is 15.0 Å². The molecule has 2 bridgehead atoms. The molecule has 9 rings (SSSR count). The van der Waals surface area contributed by atoms with Gasteiger partial charge in [-0.2, -0.15) is 0 Å². The third-order valence-corrected chi connectivity index (χ3v) is 16.6. The van der Waals surface area contributed by atoms with Gasteiger partial charge < -0.3 is 29.6 Å². The van der Waals surface area contributed by atoms with Crippen molar-refractivity contribution in [2.24, 2.45) is 23.2 Å². The molecule has 1 spiro atoms. The minimum atomic E-state index is -1.77. The summed E-state index contributed by atoms with van der Waals surface area (Å²) in [6, 6.07) is 10.8. The van der Waals surface area contributed by atoms with Crippen molar-refractivity contribution in [1.82, 2.24) is 14.8 Å². The number of hydrogen-bond acceptors (Lipinski definition) is 9. The molecule has 9 atom stereocenters. The third-order valence-electron chi connectivity index (χ3n) is 16.6. The van der Waals surface area contributed by atoms with Crippen molar-refractivity contribution in [3.63, 3.8) is 0 Å². The maximum atomic E-state index is 15.4. The number of aromatic nitrogens is 1. The average Bonchev–Trinajstić information content (AvgIpc) is 3.88. The Morgan fingerprint density at radius 3 is 2.31 bits per heavy atom. The van der Waals surface area contributed by atoms with Crippen LogP contribution in [0, 0.1) is 23.2 Å². The number of ether oxygens (including phenoxy) is 2. The van der Waals surface area contributed by atoms with E-state index in [0.717, 1.165) is 97.3 Å². The molecule has 0 amide bonds. The number of fused-ring (bicyclic) bond motifs is 6. The van der Waals surface area contributed by atoms with Crippen molar-refractivity contribution >= 4 is 28.5 Å². The molecule has 3 aromatic rings. The fraction of sp³-hybridized carbons (Fsp3) is 0.647. The number of rotatable bonds is 9.